The zero-order valence-electron chi connectivity index (χ0n) is 13.2. The van der Waals surface area contributed by atoms with Crippen molar-refractivity contribution < 1.29 is 18.7 Å². The van der Waals surface area contributed by atoms with Crippen LogP contribution in [-0.4, -0.2) is 24.5 Å². The number of rotatable bonds is 4. The van der Waals surface area contributed by atoms with Crippen LogP contribution >= 0.6 is 15.9 Å². The molecule has 2 aromatic rings. The average molecular weight is 407 g/mol. The van der Waals surface area contributed by atoms with Gasteiger partial charge in [-0.15, -0.1) is 0 Å². The number of amides is 2. The second-order valence-electron chi connectivity index (χ2n) is 5.65. The van der Waals surface area contributed by atoms with Crippen LogP contribution in [0.2, 0.25) is 0 Å². The number of halogens is 2. The van der Waals surface area contributed by atoms with Crippen molar-refractivity contribution in [2.45, 2.75) is 18.9 Å². The van der Waals surface area contributed by atoms with Crippen molar-refractivity contribution in [3.8, 4) is 0 Å². The Hall–Kier alpha value is -2.25. The summed E-state index contributed by atoms with van der Waals surface area (Å²) in [5.41, 5.74) is 1.52. The van der Waals surface area contributed by atoms with Crippen molar-refractivity contribution >= 4 is 39.1 Å². The van der Waals surface area contributed by atoms with Gasteiger partial charge in [0.25, 0.3) is 11.8 Å². The molecule has 0 spiro atoms. The molecule has 0 bridgehead atoms. The highest BCUT2D eigenvalue weighted by atomic mass is 79.9. The molecule has 2 amide bonds. The van der Waals surface area contributed by atoms with Crippen LogP contribution in [0.25, 0.3) is 0 Å². The Kier molecular flexibility index (Phi) is 5.45. The second-order valence-corrected chi connectivity index (χ2v) is 6.50. The molecule has 3 rings (SSSR count). The smallest absolute Gasteiger partial charge is 0.256 e. The number of carbonyl (C=O) groups excluding carboxylic acids is 2. The number of benzene rings is 2. The first-order chi connectivity index (χ1) is 12.0. The quantitative estimate of drug-likeness (QED) is 0.807. The van der Waals surface area contributed by atoms with Gasteiger partial charge in [-0.05, 0) is 71.2 Å². The molecule has 130 valence electrons. The highest BCUT2D eigenvalue weighted by Crippen LogP contribution is 2.21. The third-order valence-corrected chi connectivity index (χ3v) is 4.46. The average Bonchev–Trinajstić information content (AvgIpc) is 3.11. The fraction of sp³-hybridized carbons (Fsp3) is 0.222. The standard InChI is InChI=1S/C18H16BrFN2O3/c19-15-10-11(20)3-8-14(15)17(23)21-12-4-6-13(7-5-12)22-18(24)16-2-1-9-25-16/h3-8,10,16H,1-2,9H2,(H,21,23)(H,22,24)/t16-/m0/s1. The SMILES string of the molecule is O=C(Nc1ccc(NC(=O)[C@@H]2CCCO2)cc1)c1ccc(F)cc1Br. The van der Waals surface area contributed by atoms with Gasteiger partial charge in [-0.3, -0.25) is 9.59 Å². The minimum atomic E-state index is -0.422. The van der Waals surface area contributed by atoms with Gasteiger partial charge in [0.15, 0.2) is 0 Å². The van der Waals surface area contributed by atoms with E-state index in [1.165, 1.54) is 18.2 Å². The van der Waals surface area contributed by atoms with E-state index in [1.807, 2.05) is 0 Å². The zero-order valence-corrected chi connectivity index (χ0v) is 14.8. The van der Waals surface area contributed by atoms with E-state index in [4.69, 9.17) is 4.74 Å². The summed E-state index contributed by atoms with van der Waals surface area (Å²) >= 11 is 3.17. The highest BCUT2D eigenvalue weighted by molar-refractivity contribution is 9.10. The van der Waals surface area contributed by atoms with Crippen LogP contribution in [0.3, 0.4) is 0 Å². The summed E-state index contributed by atoms with van der Waals surface area (Å²) in [5.74, 6) is -0.942. The molecule has 0 saturated carbocycles. The summed E-state index contributed by atoms with van der Waals surface area (Å²) in [6.45, 7) is 0.613. The molecule has 1 atom stereocenters. The van der Waals surface area contributed by atoms with Crippen molar-refractivity contribution in [1.29, 1.82) is 0 Å². The topological polar surface area (TPSA) is 67.4 Å². The zero-order chi connectivity index (χ0) is 17.8. The maximum atomic E-state index is 13.1. The van der Waals surface area contributed by atoms with Crippen molar-refractivity contribution in [2.24, 2.45) is 0 Å². The van der Waals surface area contributed by atoms with Gasteiger partial charge < -0.3 is 15.4 Å². The molecule has 0 aliphatic carbocycles. The highest BCUT2D eigenvalue weighted by Gasteiger charge is 2.23. The van der Waals surface area contributed by atoms with Gasteiger partial charge in [-0.2, -0.15) is 0 Å². The summed E-state index contributed by atoms with van der Waals surface area (Å²) in [4.78, 5) is 24.2. The van der Waals surface area contributed by atoms with Crippen molar-refractivity contribution in [3.63, 3.8) is 0 Å². The minimum absolute atomic E-state index is 0.162. The van der Waals surface area contributed by atoms with Crippen molar-refractivity contribution in [2.75, 3.05) is 17.2 Å². The fourth-order valence-corrected chi connectivity index (χ4v) is 3.05. The Balaban J connectivity index is 1.62. The van der Waals surface area contributed by atoms with E-state index in [2.05, 4.69) is 26.6 Å². The van der Waals surface area contributed by atoms with E-state index in [1.54, 1.807) is 24.3 Å². The Morgan fingerprint density at radius 3 is 2.36 bits per heavy atom. The van der Waals surface area contributed by atoms with Crippen LogP contribution in [0, 0.1) is 5.82 Å². The molecule has 5 nitrogen and oxygen atoms in total. The lowest BCUT2D eigenvalue weighted by Gasteiger charge is -2.11. The molecule has 2 aromatic carbocycles. The Morgan fingerprint density at radius 2 is 1.76 bits per heavy atom. The molecule has 7 heteroatoms. The van der Waals surface area contributed by atoms with E-state index >= 15 is 0 Å². The lowest BCUT2D eigenvalue weighted by Crippen LogP contribution is -2.26. The van der Waals surface area contributed by atoms with Gasteiger partial charge >= 0.3 is 0 Å². The molecule has 0 unspecified atom stereocenters. The number of nitrogens with one attached hydrogen (secondary N) is 2. The van der Waals surface area contributed by atoms with Gasteiger partial charge in [-0.25, -0.2) is 4.39 Å². The predicted octanol–water partition coefficient (Wildman–Crippen LogP) is 3.96. The number of hydrogen-bond donors (Lipinski definition) is 2. The molecule has 1 heterocycles. The molecule has 25 heavy (non-hydrogen) atoms. The lowest BCUT2D eigenvalue weighted by molar-refractivity contribution is -0.124. The van der Waals surface area contributed by atoms with Crippen LogP contribution in [0.4, 0.5) is 15.8 Å². The van der Waals surface area contributed by atoms with E-state index in [9.17, 15) is 14.0 Å². The van der Waals surface area contributed by atoms with Crippen LogP contribution in [0.15, 0.2) is 46.9 Å². The lowest BCUT2D eigenvalue weighted by atomic mass is 10.2. The predicted molar refractivity (Wildman–Crippen MR) is 96.1 cm³/mol. The maximum Gasteiger partial charge on any atom is 0.256 e. The van der Waals surface area contributed by atoms with Crippen molar-refractivity contribution in [1.82, 2.24) is 0 Å². The molecule has 1 saturated heterocycles. The van der Waals surface area contributed by atoms with Gasteiger partial charge in [-0.1, -0.05) is 0 Å². The molecule has 0 aromatic heterocycles. The first-order valence-electron chi connectivity index (χ1n) is 7.82. The van der Waals surface area contributed by atoms with E-state index in [0.717, 1.165) is 12.8 Å². The summed E-state index contributed by atoms with van der Waals surface area (Å²) in [5, 5.41) is 5.51. The van der Waals surface area contributed by atoms with Crippen molar-refractivity contribution in [3.05, 3.63) is 58.3 Å². The third-order valence-electron chi connectivity index (χ3n) is 3.81. The van der Waals surface area contributed by atoms with Gasteiger partial charge in [0.2, 0.25) is 0 Å². The summed E-state index contributed by atoms with van der Waals surface area (Å²) in [7, 11) is 0. The van der Waals surface area contributed by atoms with Crippen LogP contribution < -0.4 is 10.6 Å². The minimum Gasteiger partial charge on any atom is -0.368 e. The molecule has 2 N–H and O–H groups in total. The monoisotopic (exact) mass is 406 g/mol. The largest absolute Gasteiger partial charge is 0.368 e. The molecule has 1 aliphatic heterocycles. The van der Waals surface area contributed by atoms with E-state index in [-0.39, 0.29) is 11.8 Å². The van der Waals surface area contributed by atoms with Gasteiger partial charge in [0, 0.05) is 22.5 Å². The van der Waals surface area contributed by atoms with Gasteiger partial charge in [0.05, 0.1) is 5.56 Å². The first-order valence-corrected chi connectivity index (χ1v) is 8.61. The third kappa shape index (κ3) is 4.43. The first kappa shape index (κ1) is 17.6. The summed E-state index contributed by atoms with van der Waals surface area (Å²) < 4.78 is 18.8. The Bertz CT molecular complexity index is 789. The van der Waals surface area contributed by atoms with Crippen LogP contribution in [0.1, 0.15) is 23.2 Å². The number of carbonyl (C=O) groups is 2. The maximum absolute atomic E-state index is 13.1. The summed E-state index contributed by atoms with van der Waals surface area (Å²) in [6, 6.07) is 10.6. The van der Waals surface area contributed by atoms with Gasteiger partial charge in [0.1, 0.15) is 11.9 Å². The number of ether oxygens (including phenoxy) is 1. The normalized spacial score (nSPS) is 16.5. The fourth-order valence-electron chi connectivity index (χ4n) is 2.52. The molecule has 1 aliphatic rings. The van der Waals surface area contributed by atoms with E-state index in [0.29, 0.717) is 28.0 Å². The Labute approximate surface area is 152 Å². The number of anilines is 2. The molecular formula is C18H16BrFN2O3. The number of hydrogen-bond acceptors (Lipinski definition) is 3. The van der Waals surface area contributed by atoms with E-state index < -0.39 is 11.9 Å². The summed E-state index contributed by atoms with van der Waals surface area (Å²) in [6.07, 6.45) is 1.23. The van der Waals surface area contributed by atoms with Crippen LogP contribution in [-0.2, 0) is 9.53 Å². The molecule has 0 radical (unpaired) electrons. The molecule has 1 fully saturated rings. The van der Waals surface area contributed by atoms with Crippen LogP contribution in [0.5, 0.6) is 0 Å². The second kappa shape index (κ2) is 7.76. The molecular weight excluding hydrogens is 391 g/mol. The Morgan fingerprint density at radius 1 is 1.08 bits per heavy atom.